The number of nitrogens with two attached hydrogens (primary N) is 2. The molecule has 5 heteroatoms. The average molecular weight is 244 g/mol. The molecule has 5 N–H and O–H groups in total. The first kappa shape index (κ1) is 13.3. The summed E-state index contributed by atoms with van der Waals surface area (Å²) in [4.78, 5) is 0. The molecule has 1 rings (SSSR count). The van der Waals surface area contributed by atoms with Crippen molar-refractivity contribution in [3.8, 4) is 5.75 Å². The third-order valence-electron chi connectivity index (χ3n) is 2.28. The summed E-state index contributed by atoms with van der Waals surface area (Å²) in [5.74, 6) is 0.757. The van der Waals surface area contributed by atoms with Gasteiger partial charge in [-0.1, -0.05) is 17.7 Å². The number of rotatable bonds is 6. The number of ether oxygens (including phenoxy) is 1. The van der Waals surface area contributed by atoms with Crippen molar-refractivity contribution >= 4 is 11.6 Å². The van der Waals surface area contributed by atoms with E-state index in [-0.39, 0.29) is 6.04 Å². The van der Waals surface area contributed by atoms with Gasteiger partial charge >= 0.3 is 0 Å². The molecule has 0 aliphatic heterocycles. The van der Waals surface area contributed by atoms with Crippen molar-refractivity contribution < 1.29 is 4.74 Å². The minimum Gasteiger partial charge on any atom is -0.497 e. The zero-order valence-electron chi connectivity index (χ0n) is 9.37. The molecule has 0 bridgehead atoms. The third-order valence-corrected chi connectivity index (χ3v) is 2.64. The monoisotopic (exact) mass is 243 g/mol. The van der Waals surface area contributed by atoms with Crippen molar-refractivity contribution in [3.63, 3.8) is 0 Å². The lowest BCUT2D eigenvalue weighted by atomic mass is 10.2. The summed E-state index contributed by atoms with van der Waals surface area (Å²) < 4.78 is 5.07. The molecule has 0 aliphatic rings. The van der Waals surface area contributed by atoms with Gasteiger partial charge in [0.05, 0.1) is 7.11 Å². The molecule has 1 atom stereocenters. The highest BCUT2D eigenvalue weighted by Gasteiger charge is 2.03. The van der Waals surface area contributed by atoms with E-state index < -0.39 is 0 Å². The third kappa shape index (κ3) is 3.98. The molecule has 0 aromatic heterocycles. The zero-order chi connectivity index (χ0) is 12.0. The van der Waals surface area contributed by atoms with Crippen LogP contribution in [0.15, 0.2) is 18.2 Å². The molecule has 1 unspecified atom stereocenters. The van der Waals surface area contributed by atoms with Gasteiger partial charge in [-0.05, 0) is 17.7 Å². The Kier molecular flexibility index (Phi) is 5.55. The Labute approximate surface area is 101 Å². The zero-order valence-corrected chi connectivity index (χ0v) is 10.1. The van der Waals surface area contributed by atoms with Gasteiger partial charge in [-0.3, -0.25) is 0 Å². The number of methoxy groups -OCH3 is 1. The first-order valence-electron chi connectivity index (χ1n) is 5.16. The smallest absolute Gasteiger partial charge is 0.120 e. The van der Waals surface area contributed by atoms with Crippen LogP contribution in [0.1, 0.15) is 5.56 Å². The Morgan fingerprint density at radius 2 is 2.25 bits per heavy atom. The van der Waals surface area contributed by atoms with Crippen LogP contribution in [0.2, 0.25) is 5.02 Å². The standard InChI is InChI=1S/C11H18ClN3O/c1-16-10-3-2-8(11(12)4-10)6-15-7-9(14)5-13/h2-4,9,15H,5-7,13-14H2,1H3. The Morgan fingerprint density at radius 3 is 2.81 bits per heavy atom. The molecule has 0 amide bonds. The van der Waals surface area contributed by atoms with Gasteiger partial charge in [0.15, 0.2) is 0 Å². The maximum Gasteiger partial charge on any atom is 0.120 e. The molecule has 0 heterocycles. The lowest BCUT2D eigenvalue weighted by molar-refractivity contribution is 0.414. The second-order valence-corrected chi connectivity index (χ2v) is 3.99. The van der Waals surface area contributed by atoms with E-state index >= 15 is 0 Å². The summed E-state index contributed by atoms with van der Waals surface area (Å²) in [5, 5.41) is 3.89. The van der Waals surface area contributed by atoms with Crippen molar-refractivity contribution in [1.29, 1.82) is 0 Å². The van der Waals surface area contributed by atoms with E-state index in [0.717, 1.165) is 11.3 Å². The fourth-order valence-corrected chi connectivity index (χ4v) is 1.51. The fraction of sp³-hybridized carbons (Fsp3) is 0.455. The topological polar surface area (TPSA) is 73.3 Å². The van der Waals surface area contributed by atoms with Gasteiger partial charge in [0.25, 0.3) is 0 Å². The summed E-state index contributed by atoms with van der Waals surface area (Å²) in [5.41, 5.74) is 12.1. The van der Waals surface area contributed by atoms with Crippen molar-refractivity contribution in [2.24, 2.45) is 11.5 Å². The highest BCUT2D eigenvalue weighted by Crippen LogP contribution is 2.21. The molecule has 4 nitrogen and oxygen atoms in total. The molecular formula is C11H18ClN3O. The summed E-state index contributed by atoms with van der Waals surface area (Å²) in [7, 11) is 1.61. The summed E-state index contributed by atoms with van der Waals surface area (Å²) >= 11 is 6.08. The van der Waals surface area contributed by atoms with Crippen LogP contribution in [0, 0.1) is 0 Å². The number of hydrogen-bond donors (Lipinski definition) is 3. The second kappa shape index (κ2) is 6.70. The minimum atomic E-state index is -0.0166. The molecule has 1 aromatic rings. The van der Waals surface area contributed by atoms with Crippen LogP contribution in [0.3, 0.4) is 0 Å². The summed E-state index contributed by atoms with van der Waals surface area (Å²) in [6.45, 7) is 1.83. The average Bonchev–Trinajstić information content (AvgIpc) is 2.30. The Hall–Kier alpha value is -0.810. The molecule has 0 saturated heterocycles. The normalized spacial score (nSPS) is 12.5. The Balaban J connectivity index is 2.48. The van der Waals surface area contributed by atoms with E-state index in [0.29, 0.717) is 24.7 Å². The van der Waals surface area contributed by atoms with Gasteiger partial charge in [-0.15, -0.1) is 0 Å². The molecular weight excluding hydrogens is 226 g/mol. The van der Waals surface area contributed by atoms with Gasteiger partial charge in [-0.25, -0.2) is 0 Å². The van der Waals surface area contributed by atoms with Crippen LogP contribution in [0.25, 0.3) is 0 Å². The lowest BCUT2D eigenvalue weighted by Gasteiger charge is -2.11. The van der Waals surface area contributed by atoms with E-state index in [2.05, 4.69) is 5.32 Å². The maximum absolute atomic E-state index is 6.08. The van der Waals surface area contributed by atoms with E-state index in [1.54, 1.807) is 13.2 Å². The van der Waals surface area contributed by atoms with Crippen molar-refractivity contribution in [3.05, 3.63) is 28.8 Å². The predicted octanol–water partition coefficient (Wildman–Crippen LogP) is 0.724. The molecule has 90 valence electrons. The second-order valence-electron chi connectivity index (χ2n) is 3.58. The molecule has 0 saturated carbocycles. The van der Waals surface area contributed by atoms with E-state index in [4.69, 9.17) is 27.8 Å². The number of nitrogens with one attached hydrogen (secondary N) is 1. The number of hydrogen-bond acceptors (Lipinski definition) is 4. The first-order valence-corrected chi connectivity index (χ1v) is 5.54. The molecule has 0 radical (unpaired) electrons. The highest BCUT2D eigenvalue weighted by molar-refractivity contribution is 6.31. The van der Waals surface area contributed by atoms with Crippen LogP contribution in [-0.4, -0.2) is 26.2 Å². The largest absolute Gasteiger partial charge is 0.497 e. The van der Waals surface area contributed by atoms with Crippen LogP contribution < -0.4 is 21.5 Å². The first-order chi connectivity index (χ1) is 7.67. The fourth-order valence-electron chi connectivity index (χ4n) is 1.27. The minimum absolute atomic E-state index is 0.0166. The molecule has 0 spiro atoms. The van der Waals surface area contributed by atoms with Gasteiger partial charge in [-0.2, -0.15) is 0 Å². The predicted molar refractivity (Wildman–Crippen MR) is 66.7 cm³/mol. The summed E-state index contributed by atoms with van der Waals surface area (Å²) in [6.07, 6.45) is 0. The quantitative estimate of drug-likeness (QED) is 0.689. The van der Waals surface area contributed by atoms with E-state index in [1.807, 2.05) is 12.1 Å². The van der Waals surface area contributed by atoms with Crippen molar-refractivity contribution in [1.82, 2.24) is 5.32 Å². The lowest BCUT2D eigenvalue weighted by Crippen LogP contribution is -2.39. The molecule has 0 fully saturated rings. The Morgan fingerprint density at radius 1 is 1.50 bits per heavy atom. The summed E-state index contributed by atoms with van der Waals surface area (Å²) in [6, 6.07) is 5.59. The van der Waals surface area contributed by atoms with Crippen LogP contribution >= 0.6 is 11.6 Å². The Bertz CT molecular complexity index is 333. The van der Waals surface area contributed by atoms with Gasteiger partial charge < -0.3 is 21.5 Å². The number of benzene rings is 1. The maximum atomic E-state index is 6.08. The van der Waals surface area contributed by atoms with Crippen LogP contribution in [-0.2, 0) is 6.54 Å². The van der Waals surface area contributed by atoms with Gasteiger partial charge in [0, 0.05) is 30.7 Å². The molecule has 16 heavy (non-hydrogen) atoms. The van der Waals surface area contributed by atoms with Gasteiger partial charge in [0.2, 0.25) is 0 Å². The molecule has 0 aliphatic carbocycles. The van der Waals surface area contributed by atoms with Crippen molar-refractivity contribution in [2.45, 2.75) is 12.6 Å². The van der Waals surface area contributed by atoms with Crippen LogP contribution in [0.5, 0.6) is 5.75 Å². The van der Waals surface area contributed by atoms with E-state index in [1.165, 1.54) is 0 Å². The SMILES string of the molecule is COc1ccc(CNCC(N)CN)c(Cl)c1. The van der Waals surface area contributed by atoms with Crippen molar-refractivity contribution in [2.75, 3.05) is 20.2 Å². The van der Waals surface area contributed by atoms with E-state index in [9.17, 15) is 0 Å². The van der Waals surface area contributed by atoms with Gasteiger partial charge in [0.1, 0.15) is 5.75 Å². The molecule has 1 aromatic carbocycles. The highest BCUT2D eigenvalue weighted by atomic mass is 35.5. The van der Waals surface area contributed by atoms with Crippen LogP contribution in [0.4, 0.5) is 0 Å². The number of halogens is 1.